The number of benzene rings is 1. The molecule has 1 atom stereocenters. The smallest absolute Gasteiger partial charge is 0.141 e. The molecule has 0 spiro atoms. The molecule has 1 rings (SSSR count). The SMILES string of the molecule is CCCCC(Cc1ccc(F)c(Cl)c1)NCCC. The van der Waals surface area contributed by atoms with Gasteiger partial charge >= 0.3 is 0 Å². The van der Waals surface area contributed by atoms with E-state index in [1.54, 1.807) is 6.07 Å². The Hall–Kier alpha value is -0.600. The Bertz CT molecular complexity index is 346. The Kier molecular flexibility index (Phi) is 7.29. The molecule has 1 aromatic rings. The van der Waals surface area contributed by atoms with Crippen LogP contribution < -0.4 is 5.32 Å². The van der Waals surface area contributed by atoms with Crippen molar-refractivity contribution in [2.45, 2.75) is 52.0 Å². The van der Waals surface area contributed by atoms with Crippen LogP contribution in [0.5, 0.6) is 0 Å². The topological polar surface area (TPSA) is 12.0 Å². The molecule has 0 radical (unpaired) electrons. The number of nitrogens with one attached hydrogen (secondary N) is 1. The van der Waals surface area contributed by atoms with E-state index < -0.39 is 0 Å². The highest BCUT2D eigenvalue weighted by Crippen LogP contribution is 2.18. The highest BCUT2D eigenvalue weighted by Gasteiger charge is 2.09. The molecule has 3 heteroatoms. The second kappa shape index (κ2) is 8.49. The molecule has 102 valence electrons. The van der Waals surface area contributed by atoms with Gasteiger partial charge in [0.1, 0.15) is 5.82 Å². The minimum Gasteiger partial charge on any atom is -0.314 e. The maximum atomic E-state index is 13.1. The zero-order chi connectivity index (χ0) is 13.4. The van der Waals surface area contributed by atoms with Crippen LogP contribution in [0.1, 0.15) is 45.1 Å². The zero-order valence-corrected chi connectivity index (χ0v) is 12.1. The number of halogens is 2. The summed E-state index contributed by atoms with van der Waals surface area (Å²) < 4.78 is 13.1. The summed E-state index contributed by atoms with van der Waals surface area (Å²) in [4.78, 5) is 0. The predicted octanol–water partition coefficient (Wildman–Crippen LogP) is 4.58. The Morgan fingerprint density at radius 3 is 2.67 bits per heavy atom. The normalized spacial score (nSPS) is 12.7. The minimum atomic E-state index is -0.341. The number of rotatable bonds is 8. The molecule has 0 saturated heterocycles. The molecule has 0 aromatic heterocycles. The number of hydrogen-bond acceptors (Lipinski definition) is 1. The van der Waals surface area contributed by atoms with Crippen LogP contribution in [0.15, 0.2) is 18.2 Å². The number of hydrogen-bond donors (Lipinski definition) is 1. The molecule has 0 aliphatic heterocycles. The first kappa shape index (κ1) is 15.5. The molecular formula is C15H23ClFN. The highest BCUT2D eigenvalue weighted by molar-refractivity contribution is 6.30. The van der Waals surface area contributed by atoms with E-state index in [9.17, 15) is 4.39 Å². The molecule has 0 bridgehead atoms. The molecule has 1 aromatic carbocycles. The van der Waals surface area contributed by atoms with Gasteiger partial charge in [-0.05, 0) is 43.5 Å². The van der Waals surface area contributed by atoms with Crippen molar-refractivity contribution in [1.82, 2.24) is 5.32 Å². The van der Waals surface area contributed by atoms with Gasteiger partial charge in [0.2, 0.25) is 0 Å². The van der Waals surface area contributed by atoms with Crippen LogP contribution in [0.2, 0.25) is 5.02 Å². The molecule has 18 heavy (non-hydrogen) atoms. The van der Waals surface area contributed by atoms with Gasteiger partial charge in [-0.1, -0.05) is 44.4 Å². The third-order valence-corrected chi connectivity index (χ3v) is 3.34. The van der Waals surface area contributed by atoms with Gasteiger partial charge in [-0.15, -0.1) is 0 Å². The second-order valence-electron chi connectivity index (χ2n) is 4.75. The van der Waals surface area contributed by atoms with Crippen molar-refractivity contribution in [2.24, 2.45) is 0 Å². The maximum absolute atomic E-state index is 13.1. The van der Waals surface area contributed by atoms with E-state index in [0.717, 1.165) is 31.4 Å². The summed E-state index contributed by atoms with van der Waals surface area (Å²) in [7, 11) is 0. The van der Waals surface area contributed by atoms with Crippen molar-refractivity contribution in [3.8, 4) is 0 Å². The summed E-state index contributed by atoms with van der Waals surface area (Å²) in [5, 5.41) is 3.77. The van der Waals surface area contributed by atoms with Crippen LogP contribution in [0.4, 0.5) is 4.39 Å². The number of unbranched alkanes of at least 4 members (excludes halogenated alkanes) is 1. The summed E-state index contributed by atoms with van der Waals surface area (Å²) in [5.74, 6) is -0.341. The van der Waals surface area contributed by atoms with Crippen molar-refractivity contribution in [3.63, 3.8) is 0 Å². The van der Waals surface area contributed by atoms with Gasteiger partial charge in [0.25, 0.3) is 0 Å². The molecule has 1 nitrogen and oxygen atoms in total. The molecule has 0 saturated carbocycles. The van der Waals surface area contributed by atoms with Crippen molar-refractivity contribution in [3.05, 3.63) is 34.6 Å². The van der Waals surface area contributed by atoms with E-state index >= 15 is 0 Å². The molecule has 0 amide bonds. The Balaban J connectivity index is 2.59. The van der Waals surface area contributed by atoms with Gasteiger partial charge in [-0.2, -0.15) is 0 Å². The standard InChI is InChI=1S/C15H23ClFN/c1-3-5-6-13(18-9-4-2)10-12-7-8-15(17)14(16)11-12/h7-8,11,13,18H,3-6,9-10H2,1-2H3. The lowest BCUT2D eigenvalue weighted by Gasteiger charge is -2.18. The van der Waals surface area contributed by atoms with Gasteiger partial charge in [0.15, 0.2) is 0 Å². The summed E-state index contributed by atoms with van der Waals surface area (Å²) >= 11 is 5.81. The van der Waals surface area contributed by atoms with Crippen molar-refractivity contribution < 1.29 is 4.39 Å². The lowest BCUT2D eigenvalue weighted by molar-refractivity contribution is 0.462. The van der Waals surface area contributed by atoms with E-state index in [0.29, 0.717) is 6.04 Å². The van der Waals surface area contributed by atoms with Gasteiger partial charge in [-0.3, -0.25) is 0 Å². The molecule has 0 aliphatic rings. The summed E-state index contributed by atoms with van der Waals surface area (Å²) in [6.45, 7) is 5.40. The summed E-state index contributed by atoms with van der Waals surface area (Å²) in [6.07, 6.45) is 5.63. The average molecular weight is 272 g/mol. The van der Waals surface area contributed by atoms with Gasteiger partial charge < -0.3 is 5.32 Å². The first-order valence-corrected chi connectivity index (χ1v) is 7.22. The summed E-state index contributed by atoms with van der Waals surface area (Å²) in [5.41, 5.74) is 1.10. The van der Waals surface area contributed by atoms with Crippen LogP contribution in [0.25, 0.3) is 0 Å². The first-order chi connectivity index (χ1) is 8.67. The first-order valence-electron chi connectivity index (χ1n) is 6.84. The van der Waals surface area contributed by atoms with Crippen LogP contribution in [0.3, 0.4) is 0 Å². The van der Waals surface area contributed by atoms with Crippen LogP contribution in [0, 0.1) is 5.82 Å². The Morgan fingerprint density at radius 1 is 1.28 bits per heavy atom. The Morgan fingerprint density at radius 2 is 2.06 bits per heavy atom. The average Bonchev–Trinajstić information content (AvgIpc) is 2.37. The second-order valence-corrected chi connectivity index (χ2v) is 5.15. The van der Waals surface area contributed by atoms with Gasteiger partial charge in [0.05, 0.1) is 5.02 Å². The lowest BCUT2D eigenvalue weighted by Crippen LogP contribution is -2.31. The van der Waals surface area contributed by atoms with E-state index in [1.807, 2.05) is 6.07 Å². The van der Waals surface area contributed by atoms with E-state index in [-0.39, 0.29) is 10.8 Å². The third kappa shape index (κ3) is 5.36. The lowest BCUT2D eigenvalue weighted by atomic mass is 10.0. The quantitative estimate of drug-likeness (QED) is 0.730. The van der Waals surface area contributed by atoms with Crippen molar-refractivity contribution in [2.75, 3.05) is 6.54 Å². The van der Waals surface area contributed by atoms with Gasteiger partial charge in [0, 0.05) is 6.04 Å². The van der Waals surface area contributed by atoms with Crippen LogP contribution in [-0.4, -0.2) is 12.6 Å². The van der Waals surface area contributed by atoms with Gasteiger partial charge in [-0.25, -0.2) is 4.39 Å². The van der Waals surface area contributed by atoms with Crippen molar-refractivity contribution in [1.29, 1.82) is 0 Å². The largest absolute Gasteiger partial charge is 0.314 e. The monoisotopic (exact) mass is 271 g/mol. The van der Waals surface area contributed by atoms with E-state index in [4.69, 9.17) is 11.6 Å². The summed E-state index contributed by atoms with van der Waals surface area (Å²) in [6, 6.07) is 5.48. The highest BCUT2D eigenvalue weighted by atomic mass is 35.5. The van der Waals surface area contributed by atoms with Crippen LogP contribution in [-0.2, 0) is 6.42 Å². The predicted molar refractivity (Wildman–Crippen MR) is 76.7 cm³/mol. The minimum absolute atomic E-state index is 0.220. The molecule has 1 unspecified atom stereocenters. The third-order valence-electron chi connectivity index (χ3n) is 3.06. The van der Waals surface area contributed by atoms with Crippen molar-refractivity contribution >= 4 is 11.6 Å². The molecule has 0 aliphatic carbocycles. The molecule has 0 heterocycles. The fraction of sp³-hybridized carbons (Fsp3) is 0.600. The molecule has 1 N–H and O–H groups in total. The Labute approximate surface area is 115 Å². The molecular weight excluding hydrogens is 249 g/mol. The fourth-order valence-electron chi connectivity index (χ4n) is 2.03. The van der Waals surface area contributed by atoms with E-state index in [2.05, 4.69) is 19.2 Å². The maximum Gasteiger partial charge on any atom is 0.141 e. The van der Waals surface area contributed by atoms with E-state index in [1.165, 1.54) is 18.9 Å². The van der Waals surface area contributed by atoms with Crippen LogP contribution >= 0.6 is 11.6 Å². The molecule has 0 fully saturated rings. The zero-order valence-electron chi connectivity index (χ0n) is 11.3. The fourth-order valence-corrected chi connectivity index (χ4v) is 2.23.